The molecule has 7 nitrogen and oxygen atoms in total. The van der Waals surface area contributed by atoms with Crippen LogP contribution in [0.3, 0.4) is 0 Å². The van der Waals surface area contributed by atoms with Crippen LogP contribution in [0.5, 0.6) is 0 Å². The van der Waals surface area contributed by atoms with Gasteiger partial charge in [-0.05, 0) is 49.7 Å². The second kappa shape index (κ2) is 6.37. The van der Waals surface area contributed by atoms with Crippen molar-refractivity contribution in [2.45, 2.75) is 38.1 Å². The zero-order valence-electron chi connectivity index (χ0n) is 14.6. The van der Waals surface area contributed by atoms with Crippen molar-refractivity contribution in [3.8, 4) is 0 Å². The zero-order valence-corrected chi connectivity index (χ0v) is 14.6. The summed E-state index contributed by atoms with van der Waals surface area (Å²) < 4.78 is 0. The quantitative estimate of drug-likeness (QED) is 0.883. The molecule has 1 spiro atoms. The number of aliphatic carboxylic acids is 1. The first-order valence-electron chi connectivity index (χ1n) is 9.22. The topological polar surface area (TPSA) is 90.8 Å². The molecule has 1 N–H and O–H groups in total. The fourth-order valence-corrected chi connectivity index (χ4v) is 4.30. The first-order valence-corrected chi connectivity index (χ1v) is 9.22. The van der Waals surface area contributed by atoms with Gasteiger partial charge in [0, 0.05) is 37.9 Å². The molecule has 1 aliphatic carbocycles. The molecule has 0 aromatic carbocycles. The van der Waals surface area contributed by atoms with Gasteiger partial charge in [-0.25, -0.2) is 4.79 Å². The Morgan fingerprint density at radius 2 is 1.92 bits per heavy atom. The second-order valence-electron chi connectivity index (χ2n) is 7.83. The van der Waals surface area contributed by atoms with Crippen molar-refractivity contribution in [3.63, 3.8) is 0 Å². The largest absolute Gasteiger partial charge is 0.480 e. The molecule has 0 radical (unpaired) electrons. The molecular weight excluding hydrogens is 334 g/mol. The highest BCUT2D eigenvalue weighted by Crippen LogP contribution is 2.44. The highest BCUT2D eigenvalue weighted by atomic mass is 16.4. The van der Waals surface area contributed by atoms with Crippen LogP contribution in [0, 0.1) is 11.3 Å². The van der Waals surface area contributed by atoms with Gasteiger partial charge in [-0.3, -0.25) is 14.6 Å². The van der Waals surface area contributed by atoms with Crippen LogP contribution >= 0.6 is 0 Å². The van der Waals surface area contributed by atoms with Gasteiger partial charge in [0.25, 0.3) is 5.91 Å². The number of carbonyl (C=O) groups excluding carboxylic acids is 2. The summed E-state index contributed by atoms with van der Waals surface area (Å²) in [5.74, 6) is -0.784. The standard InChI is InChI=1S/C19H23N3O4/c23-16(13-3-4-13)21-8-5-19(6-9-21)10-15(18(25)26)22(12-19)17(24)14-2-1-7-20-11-14/h1-2,7,11,13,15H,3-6,8-10,12H2,(H,25,26). The van der Waals surface area contributed by atoms with Gasteiger partial charge in [-0.2, -0.15) is 0 Å². The van der Waals surface area contributed by atoms with Crippen molar-refractivity contribution in [2.75, 3.05) is 19.6 Å². The Labute approximate surface area is 152 Å². The van der Waals surface area contributed by atoms with Crippen LogP contribution in [0.4, 0.5) is 0 Å². The number of carboxylic acids is 1. The molecule has 3 aliphatic rings. The Balaban J connectivity index is 1.48. The van der Waals surface area contributed by atoms with Crippen LogP contribution in [-0.2, 0) is 9.59 Å². The molecule has 26 heavy (non-hydrogen) atoms. The molecule has 1 unspecified atom stereocenters. The number of hydrogen-bond acceptors (Lipinski definition) is 4. The molecule has 7 heteroatoms. The second-order valence-corrected chi connectivity index (χ2v) is 7.83. The van der Waals surface area contributed by atoms with E-state index in [0.29, 0.717) is 31.6 Å². The summed E-state index contributed by atoms with van der Waals surface area (Å²) in [6.07, 6.45) is 7.02. The summed E-state index contributed by atoms with van der Waals surface area (Å²) in [6.45, 7) is 1.76. The van der Waals surface area contributed by atoms with E-state index in [4.69, 9.17) is 0 Å². The van der Waals surface area contributed by atoms with Crippen LogP contribution in [-0.4, -0.2) is 63.4 Å². The Bertz CT molecular complexity index is 724. The summed E-state index contributed by atoms with van der Waals surface area (Å²) in [6, 6.07) is 2.53. The summed E-state index contributed by atoms with van der Waals surface area (Å²) in [4.78, 5) is 44.2. The van der Waals surface area contributed by atoms with Gasteiger partial charge < -0.3 is 14.9 Å². The highest BCUT2D eigenvalue weighted by molar-refractivity contribution is 5.96. The Hall–Kier alpha value is -2.44. The average molecular weight is 357 g/mol. The highest BCUT2D eigenvalue weighted by Gasteiger charge is 2.50. The molecule has 1 aromatic heterocycles. The molecule has 4 rings (SSSR count). The monoisotopic (exact) mass is 357 g/mol. The third kappa shape index (κ3) is 3.06. The van der Waals surface area contributed by atoms with Crippen LogP contribution in [0.2, 0.25) is 0 Å². The van der Waals surface area contributed by atoms with E-state index in [-0.39, 0.29) is 23.1 Å². The Morgan fingerprint density at radius 3 is 2.50 bits per heavy atom. The van der Waals surface area contributed by atoms with E-state index < -0.39 is 12.0 Å². The number of aromatic nitrogens is 1. The van der Waals surface area contributed by atoms with E-state index in [0.717, 1.165) is 25.7 Å². The van der Waals surface area contributed by atoms with E-state index in [1.165, 1.54) is 11.1 Å². The maximum atomic E-state index is 12.8. The zero-order chi connectivity index (χ0) is 18.3. The van der Waals surface area contributed by atoms with Crippen molar-refractivity contribution in [1.82, 2.24) is 14.8 Å². The number of nitrogens with zero attached hydrogens (tertiary/aromatic N) is 3. The van der Waals surface area contributed by atoms with Gasteiger partial charge in [-0.15, -0.1) is 0 Å². The normalized spacial score (nSPS) is 24.7. The predicted octanol–water partition coefficient (Wildman–Crippen LogP) is 1.40. The SMILES string of the molecule is O=C(O)C1CC2(CCN(C(=O)C3CC3)CC2)CN1C(=O)c1cccnc1. The van der Waals surface area contributed by atoms with Crippen molar-refractivity contribution in [1.29, 1.82) is 0 Å². The van der Waals surface area contributed by atoms with Crippen molar-refractivity contribution >= 4 is 17.8 Å². The smallest absolute Gasteiger partial charge is 0.326 e. The van der Waals surface area contributed by atoms with Crippen LogP contribution in [0.15, 0.2) is 24.5 Å². The third-order valence-electron chi connectivity index (χ3n) is 6.03. The van der Waals surface area contributed by atoms with Crippen LogP contribution in [0.1, 0.15) is 42.5 Å². The maximum absolute atomic E-state index is 12.8. The Kier molecular flexibility index (Phi) is 4.17. The molecule has 1 saturated carbocycles. The first kappa shape index (κ1) is 17.0. The summed E-state index contributed by atoms with van der Waals surface area (Å²) in [5.41, 5.74) is 0.207. The molecule has 2 amide bonds. The third-order valence-corrected chi connectivity index (χ3v) is 6.03. The molecule has 3 heterocycles. The number of rotatable bonds is 3. The average Bonchev–Trinajstić information content (AvgIpc) is 3.44. The fraction of sp³-hybridized carbons (Fsp3) is 0.579. The summed E-state index contributed by atoms with van der Waals surface area (Å²) >= 11 is 0. The van der Waals surface area contributed by atoms with Crippen LogP contribution in [0.25, 0.3) is 0 Å². The summed E-state index contributed by atoms with van der Waals surface area (Å²) in [5, 5.41) is 9.64. The first-order chi connectivity index (χ1) is 12.5. The Morgan fingerprint density at radius 1 is 1.19 bits per heavy atom. The number of carboxylic acid groups (broad SMARTS) is 1. The molecule has 3 fully saturated rings. The van der Waals surface area contributed by atoms with E-state index in [9.17, 15) is 19.5 Å². The van der Waals surface area contributed by atoms with Gasteiger partial charge in [0.15, 0.2) is 0 Å². The van der Waals surface area contributed by atoms with Crippen molar-refractivity contribution in [3.05, 3.63) is 30.1 Å². The molecular formula is C19H23N3O4. The van der Waals surface area contributed by atoms with E-state index in [2.05, 4.69) is 4.98 Å². The maximum Gasteiger partial charge on any atom is 0.326 e. The van der Waals surface area contributed by atoms with E-state index >= 15 is 0 Å². The minimum Gasteiger partial charge on any atom is -0.480 e. The number of pyridine rings is 1. The number of amides is 2. The molecule has 138 valence electrons. The lowest BCUT2D eigenvalue weighted by molar-refractivity contribution is -0.141. The molecule has 1 atom stereocenters. The number of carbonyl (C=O) groups is 3. The fourth-order valence-electron chi connectivity index (χ4n) is 4.30. The minimum atomic E-state index is -0.962. The van der Waals surface area contributed by atoms with Gasteiger partial charge in [0.2, 0.25) is 5.91 Å². The minimum absolute atomic E-state index is 0.207. The van der Waals surface area contributed by atoms with Gasteiger partial charge in [0.1, 0.15) is 6.04 Å². The molecule has 2 aliphatic heterocycles. The van der Waals surface area contributed by atoms with E-state index in [1.54, 1.807) is 18.3 Å². The van der Waals surface area contributed by atoms with Crippen molar-refractivity contribution < 1.29 is 19.5 Å². The molecule has 2 saturated heterocycles. The molecule has 1 aromatic rings. The van der Waals surface area contributed by atoms with E-state index in [1.807, 2.05) is 4.90 Å². The molecule has 0 bridgehead atoms. The predicted molar refractivity (Wildman–Crippen MR) is 92.3 cm³/mol. The number of likely N-dealkylation sites (tertiary alicyclic amines) is 2. The van der Waals surface area contributed by atoms with Gasteiger partial charge in [0.05, 0.1) is 5.56 Å². The lowest BCUT2D eigenvalue weighted by atomic mass is 9.76. The summed E-state index contributed by atoms with van der Waals surface area (Å²) in [7, 11) is 0. The van der Waals surface area contributed by atoms with Crippen molar-refractivity contribution in [2.24, 2.45) is 11.3 Å². The lowest BCUT2D eigenvalue weighted by Crippen LogP contribution is -2.45. The number of piperidine rings is 1. The lowest BCUT2D eigenvalue weighted by Gasteiger charge is -2.39. The van der Waals surface area contributed by atoms with Gasteiger partial charge >= 0.3 is 5.97 Å². The van der Waals surface area contributed by atoms with Crippen LogP contribution < -0.4 is 0 Å². The number of hydrogen-bond donors (Lipinski definition) is 1. The van der Waals surface area contributed by atoms with Gasteiger partial charge in [-0.1, -0.05) is 0 Å².